The van der Waals surface area contributed by atoms with Gasteiger partial charge in [0.25, 0.3) is 0 Å². The highest BCUT2D eigenvalue weighted by Gasteiger charge is 2.64. The molecule has 0 amide bonds. The first-order chi connectivity index (χ1) is 11.5. The molecule has 0 unspecified atom stereocenters. The molecule has 1 saturated carbocycles. The van der Waals surface area contributed by atoms with Crippen LogP contribution in [-0.4, -0.2) is 58.5 Å². The van der Waals surface area contributed by atoms with Crippen molar-refractivity contribution < 1.29 is 17.5 Å². The molecule has 0 spiro atoms. The summed E-state index contributed by atoms with van der Waals surface area (Å²) in [7, 11) is 1.63. The van der Waals surface area contributed by atoms with Gasteiger partial charge in [-0.3, -0.25) is 0 Å². The molecule has 140 valence electrons. The molecule has 1 heterocycles. The van der Waals surface area contributed by atoms with E-state index in [0.29, 0.717) is 19.0 Å². The van der Waals surface area contributed by atoms with Crippen LogP contribution in [0.15, 0.2) is 23.1 Å². The second kappa shape index (κ2) is 5.93. The van der Waals surface area contributed by atoms with Crippen molar-refractivity contribution in [1.82, 2.24) is 9.21 Å². The summed E-state index contributed by atoms with van der Waals surface area (Å²) < 4.78 is 46.8. The summed E-state index contributed by atoms with van der Waals surface area (Å²) in [5.41, 5.74) is 0.0902. The van der Waals surface area contributed by atoms with Gasteiger partial charge in [-0.2, -0.15) is 4.31 Å². The number of methoxy groups -OCH3 is 1. The van der Waals surface area contributed by atoms with E-state index in [0.717, 1.165) is 19.0 Å². The molecule has 2 fully saturated rings. The summed E-state index contributed by atoms with van der Waals surface area (Å²) in [6.07, 6.45) is 0.995. The van der Waals surface area contributed by atoms with Crippen LogP contribution in [0.1, 0.15) is 20.3 Å². The van der Waals surface area contributed by atoms with Gasteiger partial charge in [0.2, 0.25) is 10.0 Å². The normalized spacial score (nSPS) is 28.7. The maximum absolute atomic E-state index is 13.7. The fourth-order valence-corrected chi connectivity index (χ4v) is 6.82. The number of hydrogen-bond donors (Lipinski definition) is 0. The van der Waals surface area contributed by atoms with Crippen LogP contribution in [-0.2, 0) is 10.0 Å². The lowest BCUT2D eigenvalue weighted by Gasteiger charge is -2.57. The maximum Gasteiger partial charge on any atom is 0.246 e. The van der Waals surface area contributed by atoms with Gasteiger partial charge < -0.3 is 9.64 Å². The van der Waals surface area contributed by atoms with Crippen molar-refractivity contribution in [3.8, 4) is 5.75 Å². The average molecular weight is 370 g/mol. The zero-order valence-electron chi connectivity index (χ0n) is 15.5. The molecule has 2 aliphatic rings. The van der Waals surface area contributed by atoms with Gasteiger partial charge in [0.15, 0.2) is 0 Å². The summed E-state index contributed by atoms with van der Waals surface area (Å²) in [6, 6.07) is 3.63. The standard InChI is InChI=1S/C18H27FN2O3S/c1-17(2)10-18(11-20(3)4)12-21(9-16(17)18)25(22,23)15-8-13(19)6-7-14(15)24-5/h6-8,16H,9-12H2,1-5H3/t16-,18+/m1/s1. The highest BCUT2D eigenvalue weighted by Crippen LogP contribution is 2.63. The summed E-state index contributed by atoms with van der Waals surface area (Å²) in [5.74, 6) is -0.0943. The van der Waals surface area contributed by atoms with E-state index in [2.05, 4.69) is 18.7 Å². The van der Waals surface area contributed by atoms with E-state index >= 15 is 0 Å². The van der Waals surface area contributed by atoms with Crippen molar-refractivity contribution in [2.75, 3.05) is 40.8 Å². The number of halogens is 1. The molecule has 1 aliphatic carbocycles. The molecule has 0 aromatic heterocycles. The predicted molar refractivity (Wildman–Crippen MR) is 94.6 cm³/mol. The fourth-order valence-electron chi connectivity index (χ4n) is 5.10. The highest BCUT2D eigenvalue weighted by atomic mass is 32.2. The first-order valence-corrected chi connectivity index (χ1v) is 9.94. The first-order valence-electron chi connectivity index (χ1n) is 8.50. The second-order valence-corrected chi connectivity index (χ2v) is 10.3. The van der Waals surface area contributed by atoms with E-state index in [1.165, 1.54) is 23.5 Å². The number of rotatable bonds is 5. The molecule has 1 aromatic rings. The Morgan fingerprint density at radius 1 is 1.36 bits per heavy atom. The Balaban J connectivity index is 1.96. The van der Waals surface area contributed by atoms with E-state index in [-0.39, 0.29) is 21.5 Å². The van der Waals surface area contributed by atoms with Gasteiger partial charge >= 0.3 is 0 Å². The Hall–Kier alpha value is -1.18. The quantitative estimate of drug-likeness (QED) is 0.799. The lowest BCUT2D eigenvalue weighted by atomic mass is 9.48. The van der Waals surface area contributed by atoms with Gasteiger partial charge in [-0.25, -0.2) is 12.8 Å². The smallest absolute Gasteiger partial charge is 0.246 e. The monoisotopic (exact) mass is 370 g/mol. The van der Waals surface area contributed by atoms with Crippen LogP contribution in [0, 0.1) is 22.6 Å². The van der Waals surface area contributed by atoms with E-state index in [9.17, 15) is 12.8 Å². The van der Waals surface area contributed by atoms with Crippen molar-refractivity contribution in [1.29, 1.82) is 0 Å². The van der Waals surface area contributed by atoms with Crippen molar-refractivity contribution in [3.05, 3.63) is 24.0 Å². The van der Waals surface area contributed by atoms with E-state index in [1.807, 2.05) is 14.1 Å². The minimum atomic E-state index is -3.80. The third-order valence-corrected chi connectivity index (χ3v) is 7.58. The van der Waals surface area contributed by atoms with Gasteiger partial charge in [-0.1, -0.05) is 13.8 Å². The fraction of sp³-hybridized carbons (Fsp3) is 0.667. The molecule has 5 nitrogen and oxygen atoms in total. The molecular formula is C18H27FN2O3S. The summed E-state index contributed by atoms with van der Waals surface area (Å²) in [5, 5.41) is 0. The van der Waals surface area contributed by atoms with Crippen LogP contribution in [0.25, 0.3) is 0 Å². The Bertz CT molecular complexity index is 775. The number of hydrogen-bond acceptors (Lipinski definition) is 4. The Kier molecular flexibility index (Phi) is 4.41. The SMILES string of the molecule is COc1ccc(F)cc1S(=O)(=O)N1C[C@@H]2C(C)(C)C[C@]2(CN(C)C)C1. The molecule has 1 aromatic carbocycles. The zero-order valence-corrected chi connectivity index (χ0v) is 16.4. The molecule has 0 N–H and O–H groups in total. The molecule has 2 atom stereocenters. The van der Waals surface area contributed by atoms with E-state index in [1.54, 1.807) is 0 Å². The van der Waals surface area contributed by atoms with Crippen LogP contribution in [0.3, 0.4) is 0 Å². The number of nitrogens with zero attached hydrogens (tertiary/aromatic N) is 2. The summed E-state index contributed by atoms with van der Waals surface area (Å²) >= 11 is 0. The molecule has 1 aliphatic heterocycles. The molecule has 0 radical (unpaired) electrons. The average Bonchev–Trinajstić information content (AvgIpc) is 2.81. The molecule has 1 saturated heterocycles. The van der Waals surface area contributed by atoms with Gasteiger partial charge in [0.1, 0.15) is 16.5 Å². The largest absolute Gasteiger partial charge is 0.495 e. The van der Waals surface area contributed by atoms with Crippen molar-refractivity contribution in [2.24, 2.45) is 16.7 Å². The minimum absolute atomic E-state index is 0.0272. The highest BCUT2D eigenvalue weighted by molar-refractivity contribution is 7.89. The number of benzene rings is 1. The number of fused-ring (bicyclic) bond motifs is 1. The van der Waals surface area contributed by atoms with Crippen molar-refractivity contribution >= 4 is 10.0 Å². The maximum atomic E-state index is 13.7. The zero-order chi connectivity index (χ0) is 18.6. The molecule has 25 heavy (non-hydrogen) atoms. The van der Waals surface area contributed by atoms with Crippen LogP contribution in [0.2, 0.25) is 0 Å². The summed E-state index contributed by atoms with van der Waals surface area (Å²) in [4.78, 5) is 2.04. The van der Waals surface area contributed by atoms with Crippen LogP contribution >= 0.6 is 0 Å². The van der Waals surface area contributed by atoms with Crippen molar-refractivity contribution in [3.63, 3.8) is 0 Å². The molecular weight excluding hydrogens is 343 g/mol. The Labute approximate surface area is 149 Å². The summed E-state index contributed by atoms with van der Waals surface area (Å²) in [6.45, 7) is 6.20. The minimum Gasteiger partial charge on any atom is -0.495 e. The Morgan fingerprint density at radius 2 is 2.04 bits per heavy atom. The molecule has 7 heteroatoms. The lowest BCUT2D eigenvalue weighted by molar-refractivity contribution is -0.0789. The van der Waals surface area contributed by atoms with Gasteiger partial charge in [-0.15, -0.1) is 0 Å². The first kappa shape index (κ1) is 18.6. The second-order valence-electron chi connectivity index (χ2n) is 8.41. The van der Waals surface area contributed by atoms with Gasteiger partial charge in [0, 0.05) is 25.0 Å². The van der Waals surface area contributed by atoms with Crippen LogP contribution < -0.4 is 4.74 Å². The van der Waals surface area contributed by atoms with E-state index < -0.39 is 15.8 Å². The molecule has 0 bridgehead atoms. The van der Waals surface area contributed by atoms with Gasteiger partial charge in [0.05, 0.1) is 7.11 Å². The molecule has 3 rings (SSSR count). The topological polar surface area (TPSA) is 49.9 Å². The lowest BCUT2D eigenvalue weighted by Crippen LogP contribution is -2.57. The van der Waals surface area contributed by atoms with Crippen LogP contribution in [0.4, 0.5) is 4.39 Å². The third-order valence-electron chi connectivity index (χ3n) is 5.74. The number of sulfonamides is 1. The third kappa shape index (κ3) is 2.96. The van der Waals surface area contributed by atoms with E-state index in [4.69, 9.17) is 4.74 Å². The van der Waals surface area contributed by atoms with Gasteiger partial charge in [-0.05, 0) is 50.0 Å². The number of ether oxygens (including phenoxy) is 1. The van der Waals surface area contributed by atoms with Crippen molar-refractivity contribution in [2.45, 2.75) is 25.2 Å². The van der Waals surface area contributed by atoms with Crippen LogP contribution in [0.5, 0.6) is 5.75 Å². The predicted octanol–water partition coefficient (Wildman–Crippen LogP) is 2.43. The Morgan fingerprint density at radius 3 is 2.60 bits per heavy atom.